The molecule has 0 atom stereocenters. The second-order valence-electron chi connectivity index (χ2n) is 2.72. The number of halogens is 1. The van der Waals surface area contributed by atoms with Gasteiger partial charge in [-0.25, -0.2) is 10.2 Å². The summed E-state index contributed by atoms with van der Waals surface area (Å²) in [5, 5.41) is 0. The molecule has 60 valence electrons. The van der Waals surface area contributed by atoms with Gasteiger partial charge in [-0.2, -0.15) is 4.45 Å². The fourth-order valence-electron chi connectivity index (χ4n) is 0.342. The van der Waals surface area contributed by atoms with E-state index < -0.39 is 11.7 Å². The summed E-state index contributed by atoms with van der Waals surface area (Å²) in [6, 6.07) is 0. The van der Waals surface area contributed by atoms with Gasteiger partial charge < -0.3 is 4.74 Å². The summed E-state index contributed by atoms with van der Waals surface area (Å²) in [5.41, 5.74) is 1.76. The third kappa shape index (κ3) is 5.84. The van der Waals surface area contributed by atoms with Gasteiger partial charge in [0, 0.05) is 16.1 Å². The first-order chi connectivity index (χ1) is 4.45. The molecule has 0 unspecified atom stereocenters. The van der Waals surface area contributed by atoms with Gasteiger partial charge in [-0.1, -0.05) is 0 Å². The van der Waals surface area contributed by atoms with Crippen molar-refractivity contribution < 1.29 is 9.53 Å². The van der Waals surface area contributed by atoms with Gasteiger partial charge in [0.1, 0.15) is 5.60 Å². The van der Waals surface area contributed by atoms with Gasteiger partial charge in [-0.3, -0.25) is 0 Å². The molecule has 2 N–H and O–H groups in total. The second-order valence-corrected chi connectivity index (χ2v) is 3.12. The Balaban J connectivity index is 3.58. The zero-order valence-corrected chi connectivity index (χ0v) is 7.78. The molecule has 0 aliphatic heterocycles. The van der Waals surface area contributed by atoms with Crippen LogP contribution in [0.1, 0.15) is 20.8 Å². The van der Waals surface area contributed by atoms with Crippen LogP contribution in [0.3, 0.4) is 0 Å². The molecular formula is C5H11BrN2O2. The van der Waals surface area contributed by atoms with E-state index in [2.05, 4.69) is 26.0 Å². The van der Waals surface area contributed by atoms with Crippen molar-refractivity contribution in [1.82, 2.24) is 9.88 Å². The topological polar surface area (TPSA) is 50.4 Å². The highest BCUT2D eigenvalue weighted by Crippen LogP contribution is 2.05. The maximum absolute atomic E-state index is 10.6. The van der Waals surface area contributed by atoms with Crippen molar-refractivity contribution in [3.63, 3.8) is 0 Å². The molecule has 0 spiro atoms. The van der Waals surface area contributed by atoms with E-state index in [-0.39, 0.29) is 0 Å². The molecule has 0 saturated heterocycles. The number of hydrazine groups is 1. The van der Waals surface area contributed by atoms with E-state index in [9.17, 15) is 4.79 Å². The van der Waals surface area contributed by atoms with Gasteiger partial charge in [0.05, 0.1) is 0 Å². The first-order valence-electron chi connectivity index (χ1n) is 2.80. The third-order valence-corrected chi connectivity index (χ3v) is 0.746. The Morgan fingerprint density at radius 2 is 2.00 bits per heavy atom. The second kappa shape index (κ2) is 3.78. The molecule has 0 aliphatic rings. The van der Waals surface area contributed by atoms with Crippen LogP contribution < -0.4 is 9.88 Å². The van der Waals surface area contributed by atoms with Crippen LogP contribution in [0.15, 0.2) is 0 Å². The van der Waals surface area contributed by atoms with E-state index >= 15 is 0 Å². The smallest absolute Gasteiger partial charge is 0.422 e. The quantitative estimate of drug-likeness (QED) is 0.508. The lowest BCUT2D eigenvalue weighted by Crippen LogP contribution is -2.36. The van der Waals surface area contributed by atoms with Crippen molar-refractivity contribution in [2.75, 3.05) is 0 Å². The van der Waals surface area contributed by atoms with E-state index in [1.54, 1.807) is 20.8 Å². The van der Waals surface area contributed by atoms with Crippen LogP contribution in [0.4, 0.5) is 4.79 Å². The van der Waals surface area contributed by atoms with Crippen LogP contribution in [0.25, 0.3) is 0 Å². The summed E-state index contributed by atoms with van der Waals surface area (Å²) in [5.74, 6) is 0. The summed E-state index contributed by atoms with van der Waals surface area (Å²) < 4.78 is 7.11. The summed E-state index contributed by atoms with van der Waals surface area (Å²) in [6.07, 6.45) is -0.510. The molecule has 4 nitrogen and oxygen atoms in total. The number of hydrogen-bond acceptors (Lipinski definition) is 3. The summed E-state index contributed by atoms with van der Waals surface area (Å²) in [6.45, 7) is 5.38. The van der Waals surface area contributed by atoms with Crippen LogP contribution in [0.5, 0.6) is 0 Å². The van der Waals surface area contributed by atoms with Crippen molar-refractivity contribution in [3.8, 4) is 0 Å². The molecule has 0 heterocycles. The van der Waals surface area contributed by atoms with Gasteiger partial charge >= 0.3 is 6.09 Å². The predicted octanol–water partition coefficient (Wildman–Crippen LogP) is 1.33. The highest BCUT2D eigenvalue weighted by molar-refractivity contribution is 9.08. The number of amides is 1. The predicted molar refractivity (Wildman–Crippen MR) is 41.4 cm³/mol. The third-order valence-electron chi connectivity index (χ3n) is 0.548. The van der Waals surface area contributed by atoms with Crippen molar-refractivity contribution in [3.05, 3.63) is 0 Å². The van der Waals surface area contributed by atoms with E-state index in [0.717, 1.165) is 0 Å². The number of hydrogen-bond donors (Lipinski definition) is 2. The number of carbonyl (C=O) groups excluding carboxylic acids is 1. The Kier molecular flexibility index (Phi) is 3.67. The minimum atomic E-state index is -0.510. The number of carbonyl (C=O) groups is 1. The summed E-state index contributed by atoms with van der Waals surface area (Å²) in [7, 11) is 0. The molecular weight excluding hydrogens is 200 g/mol. The van der Waals surface area contributed by atoms with Crippen LogP contribution in [-0.4, -0.2) is 11.7 Å². The zero-order valence-electron chi connectivity index (χ0n) is 6.19. The zero-order chi connectivity index (χ0) is 8.20. The first-order valence-corrected chi connectivity index (χ1v) is 3.59. The Labute approximate surface area is 68.6 Å². The van der Waals surface area contributed by atoms with Gasteiger partial charge in [-0.15, -0.1) is 0 Å². The minimum Gasteiger partial charge on any atom is -0.443 e. The molecule has 0 aliphatic carbocycles. The Morgan fingerprint density at radius 1 is 1.50 bits per heavy atom. The lowest BCUT2D eigenvalue weighted by molar-refractivity contribution is 0.0519. The van der Waals surface area contributed by atoms with Crippen LogP contribution in [0.2, 0.25) is 0 Å². The molecule has 0 radical (unpaired) electrons. The average molecular weight is 211 g/mol. The van der Waals surface area contributed by atoms with Crippen molar-refractivity contribution in [2.45, 2.75) is 26.4 Å². The Morgan fingerprint density at radius 3 is 2.30 bits per heavy atom. The van der Waals surface area contributed by atoms with Gasteiger partial charge in [0.15, 0.2) is 0 Å². The largest absolute Gasteiger partial charge is 0.443 e. The van der Waals surface area contributed by atoms with Crippen LogP contribution in [0, 0.1) is 0 Å². The molecule has 0 aromatic carbocycles. The molecule has 10 heavy (non-hydrogen) atoms. The molecule has 0 aromatic heterocycles. The maximum Gasteiger partial charge on any atom is 0.422 e. The van der Waals surface area contributed by atoms with Crippen molar-refractivity contribution in [1.29, 1.82) is 0 Å². The van der Waals surface area contributed by atoms with Crippen molar-refractivity contribution >= 4 is 22.2 Å². The molecule has 5 heteroatoms. The molecule has 0 rings (SSSR count). The standard InChI is InChI=1S/C5H11BrN2O2/c1-5(2,3)10-4(9)7-8-6/h8H,1-3H3,(H,7,9). The molecule has 0 bridgehead atoms. The molecule has 0 saturated carbocycles. The van der Waals surface area contributed by atoms with E-state index in [1.165, 1.54) is 0 Å². The monoisotopic (exact) mass is 210 g/mol. The Bertz CT molecular complexity index is 121. The number of rotatable bonds is 1. The van der Waals surface area contributed by atoms with E-state index in [4.69, 9.17) is 4.74 Å². The Hall–Kier alpha value is -0.290. The van der Waals surface area contributed by atoms with Gasteiger partial charge in [0.2, 0.25) is 0 Å². The summed E-state index contributed by atoms with van der Waals surface area (Å²) >= 11 is 2.80. The highest BCUT2D eigenvalue weighted by Gasteiger charge is 2.14. The fraction of sp³-hybridized carbons (Fsp3) is 0.800. The summed E-state index contributed by atoms with van der Waals surface area (Å²) in [4.78, 5) is 10.6. The average Bonchev–Trinajstić information content (AvgIpc) is 1.59. The molecule has 1 amide bonds. The SMILES string of the molecule is CC(C)(C)OC(=O)NNBr. The first kappa shape index (κ1) is 9.71. The van der Waals surface area contributed by atoms with Gasteiger partial charge in [0.25, 0.3) is 0 Å². The molecule has 0 fully saturated rings. The number of ether oxygens (including phenoxy) is 1. The van der Waals surface area contributed by atoms with Crippen LogP contribution in [-0.2, 0) is 4.74 Å². The highest BCUT2D eigenvalue weighted by atomic mass is 79.9. The van der Waals surface area contributed by atoms with E-state index in [1.807, 2.05) is 0 Å². The van der Waals surface area contributed by atoms with Crippen molar-refractivity contribution in [2.24, 2.45) is 0 Å². The van der Waals surface area contributed by atoms with Gasteiger partial charge in [-0.05, 0) is 20.8 Å². The lowest BCUT2D eigenvalue weighted by Gasteiger charge is -2.18. The maximum atomic E-state index is 10.6. The number of nitrogens with one attached hydrogen (secondary N) is 2. The molecule has 0 aromatic rings. The normalized spacial score (nSPS) is 10.8. The van der Waals surface area contributed by atoms with Crippen LogP contribution >= 0.6 is 16.1 Å². The fourth-order valence-corrected chi connectivity index (χ4v) is 0.504. The lowest BCUT2D eigenvalue weighted by atomic mass is 10.2. The minimum absolute atomic E-state index is 0.450. The van der Waals surface area contributed by atoms with E-state index in [0.29, 0.717) is 0 Å².